The van der Waals surface area contributed by atoms with Gasteiger partial charge in [-0.1, -0.05) is 6.42 Å². The van der Waals surface area contributed by atoms with Crippen molar-refractivity contribution in [2.45, 2.75) is 31.5 Å². The lowest BCUT2D eigenvalue weighted by Gasteiger charge is -2.32. The highest BCUT2D eigenvalue weighted by atomic mass is 16.5. The van der Waals surface area contributed by atoms with Crippen molar-refractivity contribution in [3.8, 4) is 0 Å². The van der Waals surface area contributed by atoms with E-state index >= 15 is 0 Å². The number of aliphatic hydroxyl groups is 2. The molecule has 0 aromatic carbocycles. The van der Waals surface area contributed by atoms with Crippen LogP contribution in [0, 0.1) is 5.92 Å². The second kappa shape index (κ2) is 2.79. The number of carboxylic acid groups (broad SMARTS) is 1. The van der Waals surface area contributed by atoms with Crippen molar-refractivity contribution in [2.75, 3.05) is 0 Å². The molecule has 1 aliphatic carbocycles. The van der Waals surface area contributed by atoms with Crippen LogP contribution in [0.15, 0.2) is 0 Å². The van der Waals surface area contributed by atoms with Gasteiger partial charge in [-0.25, -0.2) is 0 Å². The molecule has 64 valence electrons. The Morgan fingerprint density at radius 1 is 1.36 bits per heavy atom. The lowest BCUT2D eigenvalue weighted by molar-refractivity contribution is -0.222. The van der Waals surface area contributed by atoms with Gasteiger partial charge in [0.2, 0.25) is 0 Å². The maximum absolute atomic E-state index is 10.4. The van der Waals surface area contributed by atoms with Gasteiger partial charge in [-0.15, -0.1) is 0 Å². The first-order valence-corrected chi connectivity index (χ1v) is 3.71. The number of carbonyl (C=O) groups is 1. The zero-order valence-corrected chi connectivity index (χ0v) is 6.16. The van der Waals surface area contributed by atoms with Crippen LogP contribution in [0.1, 0.15) is 25.7 Å². The first-order valence-electron chi connectivity index (χ1n) is 3.71. The normalized spacial score (nSPS) is 29.8. The van der Waals surface area contributed by atoms with Crippen LogP contribution in [-0.4, -0.2) is 27.1 Å². The average Bonchev–Trinajstić information content (AvgIpc) is 1.85. The zero-order chi connectivity index (χ0) is 8.48. The fourth-order valence-corrected chi connectivity index (χ4v) is 1.46. The Labute approximate surface area is 64.5 Å². The number of hydrogen-bond donors (Lipinski definition) is 3. The molecule has 1 atom stereocenters. The van der Waals surface area contributed by atoms with E-state index in [0.29, 0.717) is 12.8 Å². The van der Waals surface area contributed by atoms with Crippen LogP contribution < -0.4 is 0 Å². The standard InChI is InChI=1S/C7H12O4/c8-6(9)5-3-1-2-4-7(5,10)11/h5,10-11H,1-4H2,(H,8,9). The molecule has 1 saturated carbocycles. The van der Waals surface area contributed by atoms with Crippen molar-refractivity contribution < 1.29 is 20.1 Å². The molecule has 0 aromatic heterocycles. The van der Waals surface area contributed by atoms with Crippen LogP contribution in [0.5, 0.6) is 0 Å². The first kappa shape index (κ1) is 8.49. The summed E-state index contributed by atoms with van der Waals surface area (Å²) in [4.78, 5) is 10.4. The Kier molecular flexibility index (Phi) is 2.15. The molecule has 3 N–H and O–H groups in total. The van der Waals surface area contributed by atoms with Crippen LogP contribution >= 0.6 is 0 Å². The Balaban J connectivity index is 2.67. The molecule has 1 unspecified atom stereocenters. The molecule has 1 rings (SSSR count). The fraction of sp³-hybridized carbons (Fsp3) is 0.857. The molecule has 0 saturated heterocycles. The van der Waals surface area contributed by atoms with Gasteiger partial charge in [0, 0.05) is 6.42 Å². The predicted molar refractivity (Wildman–Crippen MR) is 36.8 cm³/mol. The fourth-order valence-electron chi connectivity index (χ4n) is 1.46. The van der Waals surface area contributed by atoms with Crippen molar-refractivity contribution >= 4 is 5.97 Å². The minimum atomic E-state index is -1.98. The van der Waals surface area contributed by atoms with Gasteiger partial charge in [0.1, 0.15) is 5.92 Å². The summed E-state index contributed by atoms with van der Waals surface area (Å²) in [7, 11) is 0. The molecule has 0 radical (unpaired) electrons. The van der Waals surface area contributed by atoms with Gasteiger partial charge in [0.15, 0.2) is 5.79 Å². The monoisotopic (exact) mass is 160 g/mol. The van der Waals surface area contributed by atoms with E-state index in [9.17, 15) is 15.0 Å². The molecule has 0 aliphatic heterocycles. The second-order valence-electron chi connectivity index (χ2n) is 3.02. The lowest BCUT2D eigenvalue weighted by atomic mass is 9.83. The Bertz CT molecular complexity index is 164. The van der Waals surface area contributed by atoms with Gasteiger partial charge in [-0.05, 0) is 12.8 Å². The number of hydrogen-bond acceptors (Lipinski definition) is 3. The third-order valence-corrected chi connectivity index (χ3v) is 2.14. The summed E-state index contributed by atoms with van der Waals surface area (Å²) in [5.74, 6) is -4.10. The molecule has 0 bridgehead atoms. The number of aliphatic carboxylic acids is 1. The molecular weight excluding hydrogens is 148 g/mol. The number of carboxylic acids is 1. The van der Waals surface area contributed by atoms with Crippen LogP contribution in [0.25, 0.3) is 0 Å². The maximum atomic E-state index is 10.4. The first-order chi connectivity index (χ1) is 5.04. The highest BCUT2D eigenvalue weighted by Crippen LogP contribution is 2.31. The van der Waals surface area contributed by atoms with E-state index in [1.165, 1.54) is 0 Å². The smallest absolute Gasteiger partial charge is 0.311 e. The van der Waals surface area contributed by atoms with Gasteiger partial charge >= 0.3 is 5.97 Å². The minimum Gasteiger partial charge on any atom is -0.481 e. The molecule has 11 heavy (non-hydrogen) atoms. The second-order valence-corrected chi connectivity index (χ2v) is 3.02. The summed E-state index contributed by atoms with van der Waals surface area (Å²) in [6.45, 7) is 0. The summed E-state index contributed by atoms with van der Waals surface area (Å²) in [6, 6.07) is 0. The highest BCUT2D eigenvalue weighted by Gasteiger charge is 2.41. The quantitative estimate of drug-likeness (QED) is 0.470. The van der Waals surface area contributed by atoms with Gasteiger partial charge < -0.3 is 15.3 Å². The molecule has 4 nitrogen and oxygen atoms in total. The summed E-state index contributed by atoms with van der Waals surface area (Å²) in [5.41, 5.74) is 0. The Morgan fingerprint density at radius 2 is 2.00 bits per heavy atom. The number of rotatable bonds is 1. The molecule has 4 heteroatoms. The third kappa shape index (κ3) is 1.70. The lowest BCUT2D eigenvalue weighted by Crippen LogP contribution is -2.44. The van der Waals surface area contributed by atoms with Gasteiger partial charge in [0.25, 0.3) is 0 Å². The largest absolute Gasteiger partial charge is 0.481 e. The van der Waals surface area contributed by atoms with Crippen LogP contribution in [-0.2, 0) is 4.79 Å². The van der Waals surface area contributed by atoms with Gasteiger partial charge in [0.05, 0.1) is 0 Å². The van der Waals surface area contributed by atoms with E-state index in [1.54, 1.807) is 0 Å². The summed E-state index contributed by atoms with van der Waals surface area (Å²) < 4.78 is 0. The summed E-state index contributed by atoms with van der Waals surface area (Å²) in [5, 5.41) is 26.9. The molecule has 0 amide bonds. The van der Waals surface area contributed by atoms with Crippen LogP contribution in [0.4, 0.5) is 0 Å². The van der Waals surface area contributed by atoms with Gasteiger partial charge in [-0.2, -0.15) is 0 Å². The van der Waals surface area contributed by atoms with Gasteiger partial charge in [-0.3, -0.25) is 4.79 Å². The average molecular weight is 160 g/mol. The van der Waals surface area contributed by atoms with E-state index in [1.807, 2.05) is 0 Å². The highest BCUT2D eigenvalue weighted by molar-refractivity contribution is 5.71. The van der Waals surface area contributed by atoms with E-state index in [2.05, 4.69) is 0 Å². The molecule has 0 heterocycles. The van der Waals surface area contributed by atoms with Crippen molar-refractivity contribution in [3.63, 3.8) is 0 Å². The van der Waals surface area contributed by atoms with Crippen molar-refractivity contribution in [2.24, 2.45) is 5.92 Å². The topological polar surface area (TPSA) is 77.8 Å². The zero-order valence-electron chi connectivity index (χ0n) is 6.16. The van der Waals surface area contributed by atoms with E-state index in [-0.39, 0.29) is 6.42 Å². The van der Waals surface area contributed by atoms with E-state index in [4.69, 9.17) is 5.11 Å². The third-order valence-electron chi connectivity index (χ3n) is 2.14. The predicted octanol–water partition coefficient (Wildman–Crippen LogP) is -0.0579. The summed E-state index contributed by atoms with van der Waals surface area (Å²) in [6.07, 6.45) is 1.99. The van der Waals surface area contributed by atoms with E-state index < -0.39 is 17.7 Å². The van der Waals surface area contributed by atoms with Crippen molar-refractivity contribution in [3.05, 3.63) is 0 Å². The van der Waals surface area contributed by atoms with E-state index in [0.717, 1.165) is 6.42 Å². The Morgan fingerprint density at radius 3 is 2.36 bits per heavy atom. The molecular formula is C7H12O4. The molecule has 1 aliphatic rings. The molecule has 1 fully saturated rings. The van der Waals surface area contributed by atoms with Crippen LogP contribution in [0.2, 0.25) is 0 Å². The minimum absolute atomic E-state index is 0.171. The van der Waals surface area contributed by atoms with Crippen molar-refractivity contribution in [1.82, 2.24) is 0 Å². The molecule has 0 aromatic rings. The van der Waals surface area contributed by atoms with Crippen molar-refractivity contribution in [1.29, 1.82) is 0 Å². The Hall–Kier alpha value is -0.610. The SMILES string of the molecule is O=C(O)C1CCCCC1(O)O. The molecule has 0 spiro atoms. The summed E-state index contributed by atoms with van der Waals surface area (Å²) >= 11 is 0. The maximum Gasteiger partial charge on any atom is 0.311 e. The van der Waals surface area contributed by atoms with Crippen LogP contribution in [0.3, 0.4) is 0 Å².